The van der Waals surface area contributed by atoms with Crippen LogP contribution in [0.15, 0.2) is 34.9 Å². The third-order valence-electron chi connectivity index (χ3n) is 4.49. The van der Waals surface area contributed by atoms with Crippen LogP contribution in [0, 0.1) is 0 Å². The number of carbonyl (C=O) groups is 2. The number of carbonyl (C=O) groups excluding carboxylic acids is 2. The quantitative estimate of drug-likeness (QED) is 0.899. The number of nitrogens with zero attached hydrogens (tertiary/aromatic N) is 3. The van der Waals surface area contributed by atoms with Crippen molar-refractivity contribution in [2.45, 2.75) is 19.5 Å². The Morgan fingerprint density at radius 1 is 1.38 bits per heavy atom. The first-order valence-corrected chi connectivity index (χ1v) is 8.39. The Labute approximate surface area is 151 Å². The van der Waals surface area contributed by atoms with Crippen molar-refractivity contribution in [2.24, 2.45) is 0 Å². The fourth-order valence-electron chi connectivity index (χ4n) is 2.94. The molecule has 0 bridgehead atoms. The van der Waals surface area contributed by atoms with Gasteiger partial charge in [-0.05, 0) is 19.1 Å². The van der Waals surface area contributed by atoms with Gasteiger partial charge in [-0.15, -0.1) is 0 Å². The lowest BCUT2D eigenvalue weighted by Gasteiger charge is -2.37. The molecule has 1 aromatic carbocycles. The molecule has 8 nitrogen and oxygen atoms in total. The number of benzene rings is 1. The number of hydrogen-bond donors (Lipinski definition) is 1. The van der Waals surface area contributed by atoms with Crippen LogP contribution in [0.4, 0.5) is 4.79 Å². The van der Waals surface area contributed by atoms with Crippen molar-refractivity contribution in [2.75, 3.05) is 27.2 Å². The molecule has 1 aliphatic rings. The number of para-hydroxylation sites is 1. The Morgan fingerprint density at radius 2 is 2.15 bits per heavy atom. The number of piperazine rings is 1. The van der Waals surface area contributed by atoms with E-state index in [4.69, 9.17) is 9.26 Å². The second-order valence-corrected chi connectivity index (χ2v) is 6.17. The van der Waals surface area contributed by atoms with Gasteiger partial charge in [-0.2, -0.15) is 0 Å². The summed E-state index contributed by atoms with van der Waals surface area (Å²) in [4.78, 5) is 27.5. The van der Waals surface area contributed by atoms with Crippen molar-refractivity contribution >= 4 is 11.9 Å². The van der Waals surface area contributed by atoms with E-state index < -0.39 is 6.04 Å². The summed E-state index contributed by atoms with van der Waals surface area (Å²) in [5.74, 6) is 1.15. The summed E-state index contributed by atoms with van der Waals surface area (Å²) >= 11 is 0. The zero-order chi connectivity index (χ0) is 18.7. The molecule has 2 aromatic rings. The van der Waals surface area contributed by atoms with Crippen LogP contribution in [-0.4, -0.2) is 60.2 Å². The first-order chi connectivity index (χ1) is 12.5. The molecule has 3 rings (SSSR count). The van der Waals surface area contributed by atoms with E-state index in [9.17, 15) is 9.59 Å². The summed E-state index contributed by atoms with van der Waals surface area (Å²) in [6, 6.07) is 8.48. The van der Waals surface area contributed by atoms with Crippen molar-refractivity contribution in [3.05, 3.63) is 36.1 Å². The molecule has 1 aromatic heterocycles. The number of nitrogens with one attached hydrogen (secondary N) is 1. The molecule has 0 radical (unpaired) electrons. The first-order valence-electron chi connectivity index (χ1n) is 8.39. The highest BCUT2D eigenvalue weighted by Crippen LogP contribution is 2.28. The topological polar surface area (TPSA) is 87.9 Å². The molecule has 0 unspecified atom stereocenters. The highest BCUT2D eigenvalue weighted by Gasteiger charge is 2.32. The van der Waals surface area contributed by atoms with Crippen LogP contribution in [0.25, 0.3) is 11.3 Å². The Bertz CT molecular complexity index is 804. The van der Waals surface area contributed by atoms with Crippen LogP contribution >= 0.6 is 0 Å². The van der Waals surface area contributed by atoms with Crippen LogP contribution in [0.1, 0.15) is 12.7 Å². The molecule has 0 spiro atoms. The van der Waals surface area contributed by atoms with E-state index in [1.807, 2.05) is 24.3 Å². The molecule has 26 heavy (non-hydrogen) atoms. The Morgan fingerprint density at radius 3 is 2.92 bits per heavy atom. The monoisotopic (exact) mass is 358 g/mol. The fraction of sp³-hybridized carbons (Fsp3) is 0.389. The zero-order valence-electron chi connectivity index (χ0n) is 15.1. The number of amides is 3. The second-order valence-electron chi connectivity index (χ2n) is 6.17. The molecule has 1 saturated heterocycles. The maximum Gasteiger partial charge on any atom is 0.318 e. The molecule has 0 aliphatic carbocycles. The molecule has 1 N–H and O–H groups in total. The molecule has 2 heterocycles. The predicted octanol–water partition coefficient (Wildman–Crippen LogP) is 1.72. The van der Waals surface area contributed by atoms with Crippen molar-refractivity contribution in [3.63, 3.8) is 0 Å². The molecule has 1 aliphatic heterocycles. The fourth-order valence-corrected chi connectivity index (χ4v) is 2.94. The first kappa shape index (κ1) is 17.8. The van der Waals surface area contributed by atoms with Crippen molar-refractivity contribution in [1.29, 1.82) is 0 Å². The molecule has 0 saturated carbocycles. The largest absolute Gasteiger partial charge is 0.496 e. The number of methoxy groups -OCH3 is 1. The minimum Gasteiger partial charge on any atom is -0.496 e. The Balaban J connectivity index is 1.63. The molecule has 1 fully saturated rings. The summed E-state index contributed by atoms with van der Waals surface area (Å²) in [7, 11) is 3.33. The maximum atomic E-state index is 12.4. The predicted molar refractivity (Wildman–Crippen MR) is 94.5 cm³/mol. The van der Waals surface area contributed by atoms with E-state index in [0.29, 0.717) is 30.3 Å². The maximum absolute atomic E-state index is 12.4. The number of rotatable bonds is 4. The number of likely N-dealkylation sites (N-methyl/N-ethyl adjacent to an activating group) is 1. The SMILES string of the molecule is COc1ccccc1-c1cc(CNC(=O)N2CCN(C)C(=O)[C@@H]2C)on1. The summed E-state index contributed by atoms with van der Waals surface area (Å²) < 4.78 is 10.6. The number of urea groups is 1. The van der Waals surface area contributed by atoms with Gasteiger partial charge in [-0.25, -0.2) is 4.79 Å². The molecule has 138 valence electrons. The number of hydrogen-bond acceptors (Lipinski definition) is 5. The highest BCUT2D eigenvalue weighted by molar-refractivity contribution is 5.87. The van der Waals surface area contributed by atoms with Gasteiger partial charge in [-0.1, -0.05) is 17.3 Å². The lowest BCUT2D eigenvalue weighted by atomic mass is 10.1. The molecular weight excluding hydrogens is 336 g/mol. The van der Waals surface area contributed by atoms with Crippen molar-refractivity contribution in [1.82, 2.24) is 20.3 Å². The van der Waals surface area contributed by atoms with Gasteiger partial charge in [0.05, 0.1) is 13.7 Å². The van der Waals surface area contributed by atoms with Crippen LogP contribution < -0.4 is 10.1 Å². The average Bonchev–Trinajstić information content (AvgIpc) is 3.13. The Hall–Kier alpha value is -3.03. The van der Waals surface area contributed by atoms with Crippen LogP contribution in [0.3, 0.4) is 0 Å². The van der Waals surface area contributed by atoms with Gasteiger partial charge >= 0.3 is 6.03 Å². The summed E-state index contributed by atoms with van der Waals surface area (Å²) in [6.07, 6.45) is 0. The van der Waals surface area contributed by atoms with E-state index in [-0.39, 0.29) is 18.5 Å². The lowest BCUT2D eigenvalue weighted by Crippen LogP contribution is -2.58. The smallest absolute Gasteiger partial charge is 0.318 e. The van der Waals surface area contributed by atoms with Gasteiger partial charge in [0.1, 0.15) is 17.5 Å². The van der Waals surface area contributed by atoms with Crippen molar-refractivity contribution in [3.8, 4) is 17.0 Å². The lowest BCUT2D eigenvalue weighted by molar-refractivity contribution is -0.137. The zero-order valence-corrected chi connectivity index (χ0v) is 15.1. The van der Waals surface area contributed by atoms with E-state index in [1.54, 1.807) is 32.0 Å². The van der Waals surface area contributed by atoms with Gasteiger partial charge in [-0.3, -0.25) is 4.79 Å². The summed E-state index contributed by atoms with van der Waals surface area (Å²) in [5.41, 5.74) is 1.45. The Kier molecular flexibility index (Phi) is 5.11. The standard InChI is InChI=1S/C18H22N4O4/c1-12-17(23)21(2)8-9-22(12)18(24)19-11-13-10-15(20-26-13)14-6-4-5-7-16(14)25-3/h4-7,10,12H,8-9,11H2,1-3H3,(H,19,24)/t12-/m0/s1. The van der Waals surface area contributed by atoms with E-state index in [1.165, 1.54) is 4.90 Å². The summed E-state index contributed by atoms with van der Waals surface area (Å²) in [6.45, 7) is 2.94. The third-order valence-corrected chi connectivity index (χ3v) is 4.49. The molecular formula is C18H22N4O4. The van der Waals surface area contributed by atoms with Crippen LogP contribution in [-0.2, 0) is 11.3 Å². The number of ether oxygens (including phenoxy) is 1. The van der Waals surface area contributed by atoms with Crippen LogP contribution in [0.2, 0.25) is 0 Å². The van der Waals surface area contributed by atoms with Crippen LogP contribution in [0.5, 0.6) is 5.75 Å². The normalized spacial score (nSPS) is 17.3. The molecule has 3 amide bonds. The van der Waals surface area contributed by atoms with Gasteiger partial charge in [0.15, 0.2) is 5.76 Å². The minimum atomic E-state index is -0.479. The van der Waals surface area contributed by atoms with Gasteiger partial charge in [0.25, 0.3) is 0 Å². The van der Waals surface area contributed by atoms with E-state index >= 15 is 0 Å². The summed E-state index contributed by atoms with van der Waals surface area (Å²) in [5, 5.41) is 6.82. The van der Waals surface area contributed by atoms with Gasteiger partial charge < -0.3 is 24.4 Å². The highest BCUT2D eigenvalue weighted by atomic mass is 16.5. The van der Waals surface area contributed by atoms with E-state index in [0.717, 1.165) is 5.56 Å². The van der Waals surface area contributed by atoms with Gasteiger partial charge in [0, 0.05) is 31.8 Å². The molecule has 1 atom stereocenters. The van der Waals surface area contributed by atoms with Gasteiger partial charge in [0.2, 0.25) is 5.91 Å². The molecule has 8 heteroatoms. The van der Waals surface area contributed by atoms with Crippen molar-refractivity contribution < 1.29 is 18.8 Å². The number of aromatic nitrogens is 1. The minimum absolute atomic E-state index is 0.0653. The average molecular weight is 358 g/mol. The van der Waals surface area contributed by atoms with E-state index in [2.05, 4.69) is 10.5 Å². The third kappa shape index (κ3) is 3.49. The second kappa shape index (κ2) is 7.47.